The number of anilines is 1. The summed E-state index contributed by atoms with van der Waals surface area (Å²) in [5.41, 5.74) is 0.544. The first-order valence-electron chi connectivity index (χ1n) is 9.11. The molecule has 1 amide bonds. The summed E-state index contributed by atoms with van der Waals surface area (Å²) in [5.74, 6) is -0.266. The second-order valence-electron chi connectivity index (χ2n) is 6.74. The van der Waals surface area contributed by atoms with Gasteiger partial charge in [0.1, 0.15) is 6.10 Å². The summed E-state index contributed by atoms with van der Waals surface area (Å²) in [5, 5.41) is 2.75. The van der Waals surface area contributed by atoms with Crippen LogP contribution in [0, 0.1) is 0 Å². The van der Waals surface area contributed by atoms with Gasteiger partial charge < -0.3 is 14.8 Å². The molecule has 1 N–H and O–H groups in total. The fourth-order valence-corrected chi connectivity index (χ4v) is 4.65. The summed E-state index contributed by atoms with van der Waals surface area (Å²) in [6, 6.07) is 6.27. The lowest BCUT2D eigenvalue weighted by Gasteiger charge is -2.17. The predicted molar refractivity (Wildman–Crippen MR) is 97.5 cm³/mol. The summed E-state index contributed by atoms with van der Waals surface area (Å²) in [4.78, 5) is 12.5. The van der Waals surface area contributed by atoms with E-state index in [0.29, 0.717) is 25.4 Å². The van der Waals surface area contributed by atoms with Crippen molar-refractivity contribution in [2.45, 2.75) is 49.7 Å². The zero-order valence-corrected chi connectivity index (χ0v) is 15.8. The van der Waals surface area contributed by atoms with Crippen LogP contribution in [0.1, 0.15) is 32.6 Å². The number of amides is 1. The van der Waals surface area contributed by atoms with Crippen LogP contribution in [0.25, 0.3) is 0 Å². The fourth-order valence-electron chi connectivity index (χ4n) is 3.13. The van der Waals surface area contributed by atoms with Crippen molar-refractivity contribution in [1.29, 1.82) is 0 Å². The van der Waals surface area contributed by atoms with Crippen LogP contribution in [-0.2, 0) is 24.3 Å². The molecule has 0 aromatic heterocycles. The van der Waals surface area contributed by atoms with Crippen LogP contribution in [0.2, 0.25) is 0 Å². The normalized spacial score (nSPS) is 22.4. The molecule has 0 spiro atoms. The third-order valence-electron chi connectivity index (χ3n) is 4.75. The van der Waals surface area contributed by atoms with Crippen molar-refractivity contribution in [2.24, 2.45) is 0 Å². The van der Waals surface area contributed by atoms with E-state index in [9.17, 15) is 13.2 Å². The number of hydrogen-bond acceptors (Lipinski definition) is 5. The van der Waals surface area contributed by atoms with E-state index in [1.54, 1.807) is 19.1 Å². The van der Waals surface area contributed by atoms with E-state index in [1.165, 1.54) is 16.4 Å². The van der Waals surface area contributed by atoms with Crippen LogP contribution < -0.4 is 5.32 Å². The van der Waals surface area contributed by atoms with E-state index in [2.05, 4.69) is 5.32 Å². The number of benzene rings is 1. The molecule has 2 aliphatic heterocycles. The van der Waals surface area contributed by atoms with E-state index in [-0.39, 0.29) is 16.9 Å². The molecule has 7 nitrogen and oxygen atoms in total. The Morgan fingerprint density at radius 3 is 2.58 bits per heavy atom. The van der Waals surface area contributed by atoms with Gasteiger partial charge in [0.05, 0.1) is 17.6 Å². The third kappa shape index (κ3) is 4.62. The minimum Gasteiger partial charge on any atom is -0.376 e. The Kier molecular flexibility index (Phi) is 6.29. The molecule has 1 aromatic carbocycles. The average molecular weight is 382 g/mol. The quantitative estimate of drug-likeness (QED) is 0.780. The molecule has 8 heteroatoms. The van der Waals surface area contributed by atoms with Crippen LogP contribution in [-0.4, -0.2) is 57.1 Å². The first kappa shape index (κ1) is 19.3. The Balaban J connectivity index is 1.53. The van der Waals surface area contributed by atoms with Crippen LogP contribution in [0.5, 0.6) is 0 Å². The second kappa shape index (κ2) is 8.47. The molecule has 26 heavy (non-hydrogen) atoms. The number of sulfonamides is 1. The van der Waals surface area contributed by atoms with Gasteiger partial charge in [-0.05, 0) is 56.9 Å². The molecule has 2 unspecified atom stereocenters. The van der Waals surface area contributed by atoms with Crippen molar-refractivity contribution in [1.82, 2.24) is 4.31 Å². The Hall–Kier alpha value is -1.48. The van der Waals surface area contributed by atoms with Crippen molar-refractivity contribution in [2.75, 3.05) is 31.6 Å². The van der Waals surface area contributed by atoms with Gasteiger partial charge in [-0.25, -0.2) is 8.42 Å². The van der Waals surface area contributed by atoms with Crippen molar-refractivity contribution < 1.29 is 22.7 Å². The summed E-state index contributed by atoms with van der Waals surface area (Å²) < 4.78 is 37.5. The van der Waals surface area contributed by atoms with Gasteiger partial charge in [0, 0.05) is 25.4 Å². The average Bonchev–Trinajstić information content (AvgIpc) is 3.34. The van der Waals surface area contributed by atoms with Gasteiger partial charge in [0.2, 0.25) is 10.0 Å². The fraction of sp³-hybridized carbons (Fsp3) is 0.611. The zero-order valence-electron chi connectivity index (χ0n) is 15.0. The highest BCUT2D eigenvalue weighted by atomic mass is 32.2. The Bertz CT molecular complexity index is 708. The highest BCUT2D eigenvalue weighted by Gasteiger charge is 2.27. The molecule has 0 aliphatic carbocycles. The Morgan fingerprint density at radius 1 is 1.27 bits per heavy atom. The van der Waals surface area contributed by atoms with Crippen molar-refractivity contribution in [3.05, 3.63) is 24.3 Å². The third-order valence-corrected chi connectivity index (χ3v) is 6.66. The molecule has 0 saturated carbocycles. The van der Waals surface area contributed by atoms with Gasteiger partial charge in [-0.3, -0.25) is 4.79 Å². The number of nitrogens with one attached hydrogen (secondary N) is 1. The highest BCUT2D eigenvalue weighted by Crippen LogP contribution is 2.22. The SMILES string of the molecule is CC(OCC1CCCO1)C(=O)Nc1ccc(S(=O)(=O)N2CCCC2)cc1. The van der Waals surface area contributed by atoms with Gasteiger partial charge >= 0.3 is 0 Å². The predicted octanol–water partition coefficient (Wildman–Crippen LogP) is 1.99. The lowest BCUT2D eigenvalue weighted by Crippen LogP contribution is -2.30. The van der Waals surface area contributed by atoms with Crippen LogP contribution in [0.4, 0.5) is 5.69 Å². The Morgan fingerprint density at radius 2 is 1.96 bits per heavy atom. The largest absolute Gasteiger partial charge is 0.376 e. The maximum absolute atomic E-state index is 12.5. The molecule has 2 aliphatic rings. The summed E-state index contributed by atoms with van der Waals surface area (Å²) in [6.45, 7) is 3.99. The van der Waals surface area contributed by atoms with Crippen molar-refractivity contribution in [3.8, 4) is 0 Å². The lowest BCUT2D eigenvalue weighted by molar-refractivity contribution is -0.128. The maximum Gasteiger partial charge on any atom is 0.253 e. The molecule has 0 bridgehead atoms. The van der Waals surface area contributed by atoms with Gasteiger partial charge in [-0.1, -0.05) is 0 Å². The number of rotatable bonds is 7. The highest BCUT2D eigenvalue weighted by molar-refractivity contribution is 7.89. The minimum absolute atomic E-state index is 0.0697. The first-order valence-corrected chi connectivity index (χ1v) is 10.5. The van der Waals surface area contributed by atoms with Gasteiger partial charge in [0.15, 0.2) is 0 Å². The molecule has 2 heterocycles. The summed E-state index contributed by atoms with van der Waals surface area (Å²) in [7, 11) is -3.44. The zero-order chi connectivity index (χ0) is 18.6. The van der Waals surface area contributed by atoms with Gasteiger partial charge in [-0.2, -0.15) is 4.31 Å². The van der Waals surface area contributed by atoms with E-state index in [0.717, 1.165) is 32.3 Å². The summed E-state index contributed by atoms with van der Waals surface area (Å²) in [6.07, 6.45) is 3.25. The van der Waals surface area contributed by atoms with E-state index in [4.69, 9.17) is 9.47 Å². The monoisotopic (exact) mass is 382 g/mol. The van der Waals surface area contributed by atoms with Crippen LogP contribution in [0.15, 0.2) is 29.2 Å². The molecular formula is C18H26N2O5S. The number of carbonyl (C=O) groups excluding carboxylic acids is 1. The van der Waals surface area contributed by atoms with Crippen LogP contribution >= 0.6 is 0 Å². The number of hydrogen-bond donors (Lipinski definition) is 1. The molecule has 144 valence electrons. The van der Waals surface area contributed by atoms with Crippen molar-refractivity contribution in [3.63, 3.8) is 0 Å². The maximum atomic E-state index is 12.5. The molecule has 2 fully saturated rings. The smallest absolute Gasteiger partial charge is 0.253 e. The van der Waals surface area contributed by atoms with Crippen molar-refractivity contribution >= 4 is 21.6 Å². The number of ether oxygens (including phenoxy) is 2. The molecule has 0 radical (unpaired) electrons. The molecule has 2 saturated heterocycles. The summed E-state index contributed by atoms with van der Waals surface area (Å²) >= 11 is 0. The number of nitrogens with zero attached hydrogens (tertiary/aromatic N) is 1. The lowest BCUT2D eigenvalue weighted by atomic mass is 10.2. The van der Waals surface area contributed by atoms with Gasteiger partial charge in [-0.15, -0.1) is 0 Å². The molecular weight excluding hydrogens is 356 g/mol. The second-order valence-corrected chi connectivity index (χ2v) is 8.67. The standard InChI is InChI=1S/C18H26N2O5S/c1-14(25-13-16-5-4-12-24-16)18(21)19-15-6-8-17(9-7-15)26(22,23)20-10-2-3-11-20/h6-9,14,16H,2-5,10-13H2,1H3,(H,19,21). The van der Waals surface area contributed by atoms with E-state index in [1.807, 2.05) is 0 Å². The Labute approximate surface area is 154 Å². The molecule has 1 aromatic rings. The topological polar surface area (TPSA) is 84.9 Å². The van der Waals surface area contributed by atoms with E-state index < -0.39 is 16.1 Å². The van der Waals surface area contributed by atoms with E-state index >= 15 is 0 Å². The number of carbonyl (C=O) groups is 1. The molecule has 2 atom stereocenters. The van der Waals surface area contributed by atoms with Crippen LogP contribution in [0.3, 0.4) is 0 Å². The minimum atomic E-state index is -3.44. The van der Waals surface area contributed by atoms with Gasteiger partial charge in [0.25, 0.3) is 5.91 Å². The molecule has 3 rings (SSSR count). The first-order chi connectivity index (χ1) is 12.5.